The second-order valence-electron chi connectivity index (χ2n) is 3.28. The van der Waals surface area contributed by atoms with Gasteiger partial charge in [0.15, 0.2) is 0 Å². The fourth-order valence-electron chi connectivity index (χ4n) is 1.33. The van der Waals surface area contributed by atoms with Crippen molar-refractivity contribution in [3.63, 3.8) is 0 Å². The summed E-state index contributed by atoms with van der Waals surface area (Å²) in [6.45, 7) is 0.0437. The van der Waals surface area contributed by atoms with E-state index in [0.717, 1.165) is 10.3 Å². The van der Waals surface area contributed by atoms with Gasteiger partial charge in [-0.05, 0) is 0 Å². The molecule has 2 N–H and O–H groups in total. The number of rotatable bonds is 3. The van der Waals surface area contributed by atoms with Gasteiger partial charge in [0, 0.05) is 18.3 Å². The molecular weight excluding hydrogens is 249 g/mol. The highest BCUT2D eigenvalue weighted by Gasteiger charge is 2.13. The number of thiazole rings is 1. The highest BCUT2D eigenvalue weighted by molar-refractivity contribution is 7.07. The number of aryl methyl sites for hydroxylation is 1. The van der Waals surface area contributed by atoms with Gasteiger partial charge >= 0.3 is 5.69 Å². The van der Waals surface area contributed by atoms with E-state index in [2.05, 4.69) is 4.98 Å². The topological polar surface area (TPSA) is 88.0 Å². The lowest BCUT2D eigenvalue weighted by Crippen LogP contribution is -2.32. The zero-order valence-electron chi connectivity index (χ0n) is 8.51. The monoisotopic (exact) mass is 257 g/mol. The first kappa shape index (κ1) is 11.5. The Morgan fingerprint density at radius 1 is 1.53 bits per heavy atom. The molecule has 0 spiro atoms. The molecule has 2 aromatic rings. The van der Waals surface area contributed by atoms with Crippen LogP contribution >= 0.6 is 11.3 Å². The van der Waals surface area contributed by atoms with Crippen LogP contribution in [0.1, 0.15) is 5.69 Å². The minimum absolute atomic E-state index is 0.0437. The number of nitrogens with zero attached hydrogens (tertiary/aromatic N) is 2. The molecule has 0 saturated carbocycles. The number of aromatic hydroxyl groups is 1. The van der Waals surface area contributed by atoms with Crippen LogP contribution in [-0.2, 0) is 13.0 Å². The van der Waals surface area contributed by atoms with E-state index in [4.69, 9.17) is 0 Å². The predicted molar refractivity (Wildman–Crippen MR) is 58.8 cm³/mol. The van der Waals surface area contributed by atoms with Crippen molar-refractivity contribution >= 4 is 11.3 Å². The first-order chi connectivity index (χ1) is 8.09. The number of aromatic nitrogens is 3. The molecule has 0 bridgehead atoms. The van der Waals surface area contributed by atoms with Crippen molar-refractivity contribution in [2.45, 2.75) is 13.0 Å². The summed E-state index contributed by atoms with van der Waals surface area (Å²) < 4.78 is 13.8. The number of hydrogen-bond acceptors (Lipinski definition) is 5. The van der Waals surface area contributed by atoms with Crippen molar-refractivity contribution in [2.24, 2.45) is 0 Å². The maximum absolute atomic E-state index is 13.1. The van der Waals surface area contributed by atoms with Crippen LogP contribution in [0.3, 0.4) is 0 Å². The minimum Gasteiger partial charge on any atom is -0.492 e. The van der Waals surface area contributed by atoms with E-state index in [1.54, 1.807) is 15.9 Å². The zero-order chi connectivity index (χ0) is 12.4. The van der Waals surface area contributed by atoms with E-state index in [9.17, 15) is 19.1 Å². The predicted octanol–water partition coefficient (Wildman–Crippen LogP) is 0.0805. The average molecular weight is 257 g/mol. The lowest BCUT2D eigenvalue weighted by Gasteiger charge is -2.06. The number of hydrogen-bond donors (Lipinski definition) is 2. The summed E-state index contributed by atoms with van der Waals surface area (Å²) in [5.74, 6) is -2.31. The molecule has 0 atom stereocenters. The van der Waals surface area contributed by atoms with Gasteiger partial charge in [0.05, 0.1) is 11.2 Å². The van der Waals surface area contributed by atoms with Crippen LogP contribution in [0.5, 0.6) is 5.88 Å². The fraction of sp³-hybridized carbons (Fsp3) is 0.222. The standard InChI is InChI=1S/C9H8FN3O3S/c10-6-7(14)12-9(16)13(8(6)15)2-1-5-3-17-4-11-5/h3-4,15H,1-2H2,(H,12,14,16). The van der Waals surface area contributed by atoms with Crippen molar-refractivity contribution in [1.82, 2.24) is 14.5 Å². The van der Waals surface area contributed by atoms with Gasteiger partial charge in [0.25, 0.3) is 5.56 Å². The van der Waals surface area contributed by atoms with Crippen LogP contribution in [0, 0.1) is 5.82 Å². The molecule has 0 unspecified atom stereocenters. The average Bonchev–Trinajstić information content (AvgIpc) is 2.79. The molecular formula is C9H8FN3O3S. The molecule has 2 aromatic heterocycles. The Hall–Kier alpha value is -1.96. The second kappa shape index (κ2) is 4.50. The third-order valence-corrected chi connectivity index (χ3v) is 2.83. The lowest BCUT2D eigenvalue weighted by atomic mass is 10.3. The third-order valence-electron chi connectivity index (χ3n) is 2.19. The summed E-state index contributed by atoms with van der Waals surface area (Å²) in [6.07, 6.45) is 0.364. The van der Waals surface area contributed by atoms with Crippen LogP contribution < -0.4 is 11.2 Å². The molecule has 17 heavy (non-hydrogen) atoms. The van der Waals surface area contributed by atoms with Crippen LogP contribution in [-0.4, -0.2) is 19.6 Å². The molecule has 6 nitrogen and oxygen atoms in total. The summed E-state index contributed by atoms with van der Waals surface area (Å²) in [4.78, 5) is 27.9. The summed E-state index contributed by atoms with van der Waals surface area (Å²) in [7, 11) is 0. The molecule has 0 aliphatic carbocycles. The zero-order valence-corrected chi connectivity index (χ0v) is 9.33. The van der Waals surface area contributed by atoms with Gasteiger partial charge in [-0.15, -0.1) is 11.3 Å². The molecule has 8 heteroatoms. The smallest absolute Gasteiger partial charge is 0.331 e. The normalized spacial score (nSPS) is 10.6. The Balaban J connectivity index is 2.30. The summed E-state index contributed by atoms with van der Waals surface area (Å²) in [5, 5.41) is 11.1. The molecule has 0 saturated heterocycles. The Morgan fingerprint density at radius 2 is 2.29 bits per heavy atom. The Bertz CT molecular complexity index is 632. The Morgan fingerprint density at radius 3 is 2.94 bits per heavy atom. The first-order valence-electron chi connectivity index (χ1n) is 4.68. The Labute approximate surface area is 98.0 Å². The van der Waals surface area contributed by atoms with E-state index in [1.807, 2.05) is 0 Å². The van der Waals surface area contributed by atoms with Gasteiger partial charge in [-0.1, -0.05) is 0 Å². The van der Waals surface area contributed by atoms with Crippen molar-refractivity contribution < 1.29 is 9.50 Å². The highest BCUT2D eigenvalue weighted by atomic mass is 32.1. The maximum atomic E-state index is 13.1. The van der Waals surface area contributed by atoms with Crippen molar-refractivity contribution in [2.75, 3.05) is 0 Å². The highest BCUT2D eigenvalue weighted by Crippen LogP contribution is 2.09. The third kappa shape index (κ3) is 2.26. The number of H-pyrrole nitrogens is 1. The molecule has 2 heterocycles. The quantitative estimate of drug-likeness (QED) is 0.815. The molecule has 0 aromatic carbocycles. The fourth-order valence-corrected chi connectivity index (χ4v) is 1.92. The van der Waals surface area contributed by atoms with Crippen LogP contribution in [0.25, 0.3) is 0 Å². The van der Waals surface area contributed by atoms with Gasteiger partial charge < -0.3 is 5.11 Å². The van der Waals surface area contributed by atoms with Gasteiger partial charge in [0.1, 0.15) is 0 Å². The largest absolute Gasteiger partial charge is 0.492 e. The Kier molecular flexibility index (Phi) is 3.05. The van der Waals surface area contributed by atoms with E-state index < -0.39 is 22.9 Å². The van der Waals surface area contributed by atoms with E-state index >= 15 is 0 Å². The number of aromatic amines is 1. The number of nitrogens with one attached hydrogen (secondary N) is 1. The number of halogens is 1. The van der Waals surface area contributed by atoms with E-state index in [-0.39, 0.29) is 6.54 Å². The van der Waals surface area contributed by atoms with Gasteiger partial charge in [0.2, 0.25) is 11.7 Å². The maximum Gasteiger partial charge on any atom is 0.331 e. The molecule has 0 fully saturated rings. The molecule has 0 radical (unpaired) electrons. The lowest BCUT2D eigenvalue weighted by molar-refractivity contribution is 0.360. The van der Waals surface area contributed by atoms with Crippen LogP contribution in [0.2, 0.25) is 0 Å². The second-order valence-corrected chi connectivity index (χ2v) is 4.00. The molecule has 0 aliphatic rings. The minimum atomic E-state index is -1.36. The van der Waals surface area contributed by atoms with Gasteiger partial charge in [-0.2, -0.15) is 4.39 Å². The van der Waals surface area contributed by atoms with E-state index in [1.165, 1.54) is 11.3 Å². The molecule has 2 rings (SSSR count). The molecule has 90 valence electrons. The first-order valence-corrected chi connectivity index (χ1v) is 5.62. The van der Waals surface area contributed by atoms with Crippen LogP contribution in [0.15, 0.2) is 20.5 Å². The summed E-state index contributed by atoms with van der Waals surface area (Å²) in [6, 6.07) is 0. The molecule has 0 amide bonds. The van der Waals surface area contributed by atoms with Crippen LogP contribution in [0.4, 0.5) is 4.39 Å². The van der Waals surface area contributed by atoms with E-state index in [0.29, 0.717) is 6.42 Å². The SMILES string of the molecule is O=c1[nH]c(=O)n(CCc2cscn2)c(O)c1F. The van der Waals surface area contributed by atoms with Crippen molar-refractivity contribution in [3.8, 4) is 5.88 Å². The van der Waals surface area contributed by atoms with Gasteiger partial charge in [-0.3, -0.25) is 14.3 Å². The van der Waals surface area contributed by atoms with Crippen molar-refractivity contribution in [3.05, 3.63) is 43.2 Å². The van der Waals surface area contributed by atoms with Crippen molar-refractivity contribution in [1.29, 1.82) is 0 Å². The summed E-state index contributed by atoms with van der Waals surface area (Å²) >= 11 is 1.40. The van der Waals surface area contributed by atoms with Gasteiger partial charge in [-0.25, -0.2) is 9.78 Å². The summed E-state index contributed by atoms with van der Waals surface area (Å²) in [5.41, 5.74) is 0.292. The molecule has 0 aliphatic heterocycles.